The number of nitrogens with zero attached hydrogens (tertiary/aromatic N) is 1. The molecule has 17 heavy (non-hydrogen) atoms. The number of aliphatic hydroxyl groups excluding tert-OH is 1. The first kappa shape index (κ1) is 12.3. The smallest absolute Gasteiger partial charge is 0.123 e. The number of thiazole rings is 1. The molecule has 1 aromatic carbocycles. The van der Waals surface area contributed by atoms with Crippen molar-refractivity contribution in [2.24, 2.45) is 0 Å². The summed E-state index contributed by atoms with van der Waals surface area (Å²) in [5.74, 6) is 0.171. The molecule has 2 aromatic rings. The minimum absolute atomic E-state index is 0.171. The number of aryl methyl sites for hydroxylation is 1. The molecule has 0 aliphatic rings. The van der Waals surface area contributed by atoms with Gasteiger partial charge in [-0.05, 0) is 19.4 Å². The highest BCUT2D eigenvalue weighted by Crippen LogP contribution is 2.28. The number of hydrogen-bond donors (Lipinski definition) is 1. The summed E-state index contributed by atoms with van der Waals surface area (Å²) in [6.45, 7) is 4.33. The average Bonchev–Trinajstić information content (AvgIpc) is 2.80. The molecule has 0 spiro atoms. The van der Waals surface area contributed by atoms with Crippen molar-refractivity contribution < 1.29 is 5.11 Å². The Hall–Kier alpha value is -1.19. The summed E-state index contributed by atoms with van der Waals surface area (Å²) in [6, 6.07) is 8.35. The van der Waals surface area contributed by atoms with Crippen molar-refractivity contribution in [2.45, 2.75) is 26.2 Å². The highest BCUT2D eigenvalue weighted by atomic mass is 32.1. The summed E-state index contributed by atoms with van der Waals surface area (Å²) in [6.07, 6.45) is 0.924. The maximum atomic E-state index is 9.27. The van der Waals surface area contributed by atoms with Gasteiger partial charge in [0, 0.05) is 16.9 Å². The van der Waals surface area contributed by atoms with Gasteiger partial charge in [0.05, 0.1) is 12.3 Å². The highest BCUT2D eigenvalue weighted by molar-refractivity contribution is 7.13. The monoisotopic (exact) mass is 247 g/mol. The Kier molecular flexibility index (Phi) is 3.92. The van der Waals surface area contributed by atoms with E-state index in [0.29, 0.717) is 0 Å². The fourth-order valence-electron chi connectivity index (χ4n) is 1.82. The van der Waals surface area contributed by atoms with E-state index in [1.165, 1.54) is 5.56 Å². The van der Waals surface area contributed by atoms with Crippen molar-refractivity contribution in [2.75, 3.05) is 6.61 Å². The van der Waals surface area contributed by atoms with Crippen molar-refractivity contribution in [1.82, 2.24) is 4.98 Å². The van der Waals surface area contributed by atoms with Gasteiger partial charge in [-0.3, -0.25) is 0 Å². The van der Waals surface area contributed by atoms with Crippen LogP contribution in [0.4, 0.5) is 0 Å². The molecule has 1 N–H and O–H groups in total. The molecular formula is C14H17NOS. The molecule has 3 heteroatoms. The van der Waals surface area contributed by atoms with E-state index in [2.05, 4.69) is 48.5 Å². The summed E-state index contributed by atoms with van der Waals surface area (Å²) in [5, 5.41) is 12.4. The lowest BCUT2D eigenvalue weighted by atomic mass is 10.1. The van der Waals surface area contributed by atoms with Gasteiger partial charge in [0.15, 0.2) is 0 Å². The lowest BCUT2D eigenvalue weighted by Crippen LogP contribution is -2.02. The fourth-order valence-corrected chi connectivity index (χ4v) is 2.71. The topological polar surface area (TPSA) is 33.1 Å². The maximum Gasteiger partial charge on any atom is 0.123 e. The zero-order chi connectivity index (χ0) is 12.3. The molecule has 0 saturated carbocycles. The minimum atomic E-state index is 0.171. The number of benzene rings is 1. The molecule has 0 fully saturated rings. The molecule has 0 aliphatic heterocycles. The molecule has 1 unspecified atom stereocenters. The molecule has 0 aliphatic carbocycles. The summed E-state index contributed by atoms with van der Waals surface area (Å²) in [5.41, 5.74) is 3.42. The van der Waals surface area contributed by atoms with Crippen LogP contribution in [0.2, 0.25) is 0 Å². The second-order valence-electron chi connectivity index (χ2n) is 4.23. The van der Waals surface area contributed by atoms with E-state index in [1.807, 2.05) is 0 Å². The third kappa shape index (κ3) is 2.73. The normalized spacial score (nSPS) is 12.6. The molecule has 2 rings (SSSR count). The van der Waals surface area contributed by atoms with Gasteiger partial charge >= 0.3 is 0 Å². The van der Waals surface area contributed by atoms with Gasteiger partial charge < -0.3 is 5.11 Å². The Labute approximate surface area is 106 Å². The lowest BCUT2D eigenvalue weighted by Gasteiger charge is -2.06. The Bertz CT molecular complexity index is 488. The quantitative estimate of drug-likeness (QED) is 0.895. The minimum Gasteiger partial charge on any atom is -0.396 e. The number of aliphatic hydroxyl groups is 1. The van der Waals surface area contributed by atoms with Crippen LogP contribution in [0.15, 0.2) is 29.6 Å². The molecule has 0 bridgehead atoms. The first-order valence-corrected chi connectivity index (χ1v) is 6.76. The summed E-state index contributed by atoms with van der Waals surface area (Å²) in [4.78, 5) is 4.62. The number of hydrogen-bond acceptors (Lipinski definition) is 3. The molecule has 2 nitrogen and oxygen atoms in total. The van der Waals surface area contributed by atoms with Crippen LogP contribution in [0, 0.1) is 6.92 Å². The van der Waals surface area contributed by atoms with E-state index < -0.39 is 0 Å². The zero-order valence-electron chi connectivity index (χ0n) is 10.2. The van der Waals surface area contributed by atoms with Gasteiger partial charge in [-0.2, -0.15) is 0 Å². The first-order valence-electron chi connectivity index (χ1n) is 5.88. The largest absolute Gasteiger partial charge is 0.396 e. The Morgan fingerprint density at radius 2 is 2.24 bits per heavy atom. The average molecular weight is 247 g/mol. The third-order valence-electron chi connectivity index (χ3n) is 2.92. The van der Waals surface area contributed by atoms with Gasteiger partial charge in [-0.15, -0.1) is 11.3 Å². The Morgan fingerprint density at radius 1 is 1.41 bits per heavy atom. The van der Waals surface area contributed by atoms with Crippen molar-refractivity contribution in [3.05, 3.63) is 40.9 Å². The van der Waals surface area contributed by atoms with E-state index in [4.69, 9.17) is 0 Å². The van der Waals surface area contributed by atoms with Crippen molar-refractivity contribution in [1.29, 1.82) is 0 Å². The molecule has 90 valence electrons. The van der Waals surface area contributed by atoms with Crippen LogP contribution in [0.3, 0.4) is 0 Å². The zero-order valence-corrected chi connectivity index (χ0v) is 11.0. The van der Waals surface area contributed by atoms with Gasteiger partial charge in [0.2, 0.25) is 0 Å². The first-order chi connectivity index (χ1) is 8.24. The van der Waals surface area contributed by atoms with Gasteiger partial charge in [-0.1, -0.05) is 30.7 Å². The lowest BCUT2D eigenvalue weighted by molar-refractivity contribution is 0.260. The van der Waals surface area contributed by atoms with Gasteiger partial charge in [0.25, 0.3) is 0 Å². The van der Waals surface area contributed by atoms with Crippen molar-refractivity contribution in [3.63, 3.8) is 0 Å². The molecular weight excluding hydrogens is 230 g/mol. The van der Waals surface area contributed by atoms with Crippen LogP contribution in [-0.2, 0) is 0 Å². The summed E-state index contributed by atoms with van der Waals surface area (Å²) < 4.78 is 0. The second kappa shape index (κ2) is 5.43. The molecule has 1 aromatic heterocycles. The van der Waals surface area contributed by atoms with Crippen LogP contribution in [0.5, 0.6) is 0 Å². The van der Waals surface area contributed by atoms with Crippen LogP contribution in [0.25, 0.3) is 10.6 Å². The molecule has 0 radical (unpaired) electrons. The van der Waals surface area contributed by atoms with E-state index in [-0.39, 0.29) is 12.5 Å². The van der Waals surface area contributed by atoms with E-state index in [9.17, 15) is 5.11 Å². The van der Waals surface area contributed by atoms with Crippen LogP contribution < -0.4 is 0 Å². The summed E-state index contributed by atoms with van der Waals surface area (Å²) in [7, 11) is 0. The fraction of sp³-hybridized carbons (Fsp3) is 0.357. The Balaban J connectivity index is 2.29. The maximum absolute atomic E-state index is 9.27. The summed E-state index contributed by atoms with van der Waals surface area (Å²) >= 11 is 1.65. The van der Waals surface area contributed by atoms with E-state index in [1.54, 1.807) is 11.3 Å². The third-order valence-corrected chi connectivity index (χ3v) is 3.83. The second-order valence-corrected chi connectivity index (χ2v) is 5.09. The van der Waals surface area contributed by atoms with Crippen LogP contribution >= 0.6 is 11.3 Å². The van der Waals surface area contributed by atoms with E-state index >= 15 is 0 Å². The highest BCUT2D eigenvalue weighted by Gasteiger charge is 2.12. The van der Waals surface area contributed by atoms with E-state index in [0.717, 1.165) is 22.7 Å². The molecule has 1 atom stereocenters. The SMILES string of the molecule is CCC(CO)c1csc(-c2cccc(C)c2)n1. The predicted octanol–water partition coefficient (Wildman–Crippen LogP) is 3.60. The number of aromatic nitrogens is 1. The molecule has 1 heterocycles. The van der Waals surface area contributed by atoms with Crippen LogP contribution in [0.1, 0.15) is 30.5 Å². The molecule has 0 saturated heterocycles. The number of rotatable bonds is 4. The van der Waals surface area contributed by atoms with Gasteiger partial charge in [-0.25, -0.2) is 4.98 Å². The van der Waals surface area contributed by atoms with Crippen molar-refractivity contribution >= 4 is 11.3 Å². The molecule has 0 amide bonds. The van der Waals surface area contributed by atoms with Crippen molar-refractivity contribution in [3.8, 4) is 10.6 Å². The Morgan fingerprint density at radius 3 is 2.88 bits per heavy atom. The van der Waals surface area contributed by atoms with Gasteiger partial charge in [0.1, 0.15) is 5.01 Å². The standard InChI is InChI=1S/C14H17NOS/c1-3-11(8-16)13-9-17-14(15-13)12-6-4-5-10(2)7-12/h4-7,9,11,16H,3,8H2,1-2H3. The predicted molar refractivity (Wildman–Crippen MR) is 72.4 cm³/mol. The van der Waals surface area contributed by atoms with Crippen LogP contribution in [-0.4, -0.2) is 16.7 Å².